The van der Waals surface area contributed by atoms with Crippen LogP contribution in [0.25, 0.3) is 66.1 Å². The number of likely N-dealkylation sites (N-methyl/N-ethyl adjacent to an activating group) is 1. The van der Waals surface area contributed by atoms with Gasteiger partial charge in [0, 0.05) is 157 Å². The molecule has 0 saturated carbocycles. The Hall–Kier alpha value is -13.1. The van der Waals surface area contributed by atoms with Crippen LogP contribution >= 0.6 is 0 Å². The predicted octanol–water partition coefficient (Wildman–Crippen LogP) is 14.3. The fourth-order valence-corrected chi connectivity index (χ4v) is 13.0. The molecule has 15 rings (SSSR count). The SMILES string of the molecule is C=CC(=O)Nc1cccc(-c2cccc3cnc(Nc4ccc(C5CNCCO5)cc4OC)nc23)c1.C=CC(=O)Nc1cccc(-c2cccc3cnc(Nc4ccc(N5CCN(C)CC5)cc4OC)nc23)c1.C=CC(=O)Nc1cccc(-c2cccc3cnc(Nc4ccc(N5CCNCC5)cc4OC)nc23)c1. The smallest absolute Gasteiger partial charge is 0.247 e. The number of piperazine rings is 2. The molecule has 24 nitrogen and oxygen atoms in total. The molecule has 12 aromatic rings. The summed E-state index contributed by atoms with van der Waals surface area (Å²) in [6.07, 6.45) is 9.15. The molecule has 3 saturated heterocycles. The van der Waals surface area contributed by atoms with Crippen molar-refractivity contribution in [1.82, 2.24) is 45.4 Å². The molecule has 1 unspecified atom stereocenters. The third-order valence-corrected chi connectivity index (χ3v) is 18.7. The Morgan fingerprint density at radius 3 is 1.22 bits per heavy atom. The van der Waals surface area contributed by atoms with E-state index >= 15 is 0 Å². The molecule has 3 aromatic heterocycles. The number of anilines is 11. The Bertz CT molecular complexity index is 5090. The molecule has 0 spiro atoms. The number of carbonyl (C=O) groups excluding carboxylic acids is 3. The highest BCUT2D eigenvalue weighted by atomic mass is 16.5. The van der Waals surface area contributed by atoms with E-state index in [1.807, 2.05) is 170 Å². The molecule has 6 heterocycles. The monoisotopic (exact) mass is 1460 g/mol. The van der Waals surface area contributed by atoms with Crippen LogP contribution in [-0.2, 0) is 19.1 Å². The van der Waals surface area contributed by atoms with Crippen molar-refractivity contribution in [1.29, 1.82) is 0 Å². The van der Waals surface area contributed by atoms with E-state index in [0.29, 0.717) is 47.3 Å². The Morgan fingerprint density at radius 1 is 0.450 bits per heavy atom. The molecule has 0 bridgehead atoms. The molecule has 0 radical (unpaired) electrons. The maximum atomic E-state index is 11.8. The van der Waals surface area contributed by atoms with Crippen molar-refractivity contribution in [2.45, 2.75) is 6.10 Å². The largest absolute Gasteiger partial charge is 0.495 e. The van der Waals surface area contributed by atoms with Crippen molar-refractivity contribution in [3.05, 3.63) is 244 Å². The number of hydrogen-bond acceptors (Lipinski definition) is 21. The second kappa shape index (κ2) is 35.3. The number of rotatable bonds is 21. The van der Waals surface area contributed by atoms with Gasteiger partial charge in [-0.05, 0) is 120 Å². The van der Waals surface area contributed by atoms with Gasteiger partial charge in [0.25, 0.3) is 0 Å². The summed E-state index contributed by atoms with van der Waals surface area (Å²) in [5.74, 6) is 2.78. The summed E-state index contributed by atoms with van der Waals surface area (Å²) in [5.41, 5.74) is 15.7. The van der Waals surface area contributed by atoms with E-state index in [2.05, 4.69) is 117 Å². The number of morpholine rings is 1. The lowest BCUT2D eigenvalue weighted by Gasteiger charge is -2.34. The summed E-state index contributed by atoms with van der Waals surface area (Å²) < 4.78 is 22.9. The molecule has 552 valence electrons. The second-order valence-electron chi connectivity index (χ2n) is 25.8. The Kier molecular flexibility index (Phi) is 24.0. The van der Waals surface area contributed by atoms with Gasteiger partial charge in [-0.2, -0.15) is 0 Å². The quantitative estimate of drug-likeness (QED) is 0.0311. The van der Waals surface area contributed by atoms with Crippen LogP contribution in [0.5, 0.6) is 17.2 Å². The van der Waals surface area contributed by atoms with Crippen LogP contribution in [0.3, 0.4) is 0 Å². The molecule has 8 N–H and O–H groups in total. The number of amides is 3. The Labute approximate surface area is 632 Å². The van der Waals surface area contributed by atoms with Gasteiger partial charge in [-0.3, -0.25) is 14.4 Å². The van der Waals surface area contributed by atoms with Crippen molar-refractivity contribution >= 4 is 114 Å². The Balaban J connectivity index is 0.000000144. The first-order valence-corrected chi connectivity index (χ1v) is 35.8. The lowest BCUT2D eigenvalue weighted by atomic mass is 10.0. The van der Waals surface area contributed by atoms with E-state index in [-0.39, 0.29) is 23.8 Å². The first-order valence-electron chi connectivity index (χ1n) is 35.8. The van der Waals surface area contributed by atoms with E-state index in [0.717, 1.165) is 177 Å². The molecule has 0 aliphatic carbocycles. The zero-order valence-corrected chi connectivity index (χ0v) is 61.1. The number of para-hydroxylation sites is 3. The second-order valence-corrected chi connectivity index (χ2v) is 25.8. The van der Waals surface area contributed by atoms with Gasteiger partial charge in [0.2, 0.25) is 35.6 Å². The summed E-state index contributed by atoms with van der Waals surface area (Å²) in [4.78, 5) is 70.4. The summed E-state index contributed by atoms with van der Waals surface area (Å²) in [6, 6.07) is 59.1. The van der Waals surface area contributed by atoms with Crippen molar-refractivity contribution in [2.24, 2.45) is 0 Å². The fourth-order valence-electron chi connectivity index (χ4n) is 13.0. The van der Waals surface area contributed by atoms with Gasteiger partial charge in [0.05, 0.1) is 67.7 Å². The first kappa shape index (κ1) is 74.2. The van der Waals surface area contributed by atoms with Gasteiger partial charge in [-0.25, -0.2) is 29.9 Å². The maximum Gasteiger partial charge on any atom is 0.247 e. The lowest BCUT2D eigenvalue weighted by molar-refractivity contribution is -0.112. The summed E-state index contributed by atoms with van der Waals surface area (Å²) in [6.45, 7) is 20.8. The number of hydrogen-bond donors (Lipinski definition) is 8. The van der Waals surface area contributed by atoms with E-state index in [1.165, 1.54) is 18.2 Å². The number of nitrogens with zero attached hydrogens (tertiary/aromatic N) is 9. The highest BCUT2D eigenvalue weighted by Gasteiger charge is 2.22. The van der Waals surface area contributed by atoms with Crippen molar-refractivity contribution < 1.29 is 33.3 Å². The minimum absolute atomic E-state index is 0.00629. The van der Waals surface area contributed by atoms with Crippen molar-refractivity contribution in [2.75, 3.05) is 142 Å². The van der Waals surface area contributed by atoms with Gasteiger partial charge in [-0.1, -0.05) is 117 Å². The highest BCUT2D eigenvalue weighted by molar-refractivity contribution is 6.03. The van der Waals surface area contributed by atoms with Gasteiger partial charge in [0.1, 0.15) is 17.2 Å². The lowest BCUT2D eigenvalue weighted by Crippen LogP contribution is -2.44. The van der Waals surface area contributed by atoms with Gasteiger partial charge >= 0.3 is 0 Å². The topological polar surface area (TPSA) is 271 Å². The van der Waals surface area contributed by atoms with Crippen molar-refractivity contribution in [3.63, 3.8) is 0 Å². The van der Waals surface area contributed by atoms with E-state index in [4.69, 9.17) is 33.9 Å². The van der Waals surface area contributed by atoms with Gasteiger partial charge in [-0.15, -0.1) is 0 Å². The third-order valence-electron chi connectivity index (χ3n) is 18.7. The van der Waals surface area contributed by atoms with E-state index in [1.54, 1.807) is 33.7 Å². The highest BCUT2D eigenvalue weighted by Crippen LogP contribution is 2.39. The molecule has 1 atom stereocenters. The molecule has 3 fully saturated rings. The molecule has 9 aromatic carbocycles. The zero-order valence-electron chi connectivity index (χ0n) is 61.1. The normalized spacial score (nSPS) is 14.1. The average molecular weight is 1460 g/mol. The average Bonchev–Trinajstić information content (AvgIpc) is 0.797. The maximum absolute atomic E-state index is 11.8. The van der Waals surface area contributed by atoms with Crippen LogP contribution in [-0.4, -0.2) is 153 Å². The summed E-state index contributed by atoms with van der Waals surface area (Å²) in [5, 5.41) is 27.9. The third kappa shape index (κ3) is 18.4. The molecule has 3 aliphatic rings. The number of benzene rings is 9. The number of aromatic nitrogens is 6. The minimum atomic E-state index is -0.259. The van der Waals surface area contributed by atoms with Crippen LogP contribution in [0.1, 0.15) is 11.7 Å². The summed E-state index contributed by atoms with van der Waals surface area (Å²) >= 11 is 0. The number of nitrogens with one attached hydrogen (secondary N) is 8. The molecular weight excluding hydrogens is 1370 g/mol. The molecule has 3 amide bonds. The van der Waals surface area contributed by atoms with Crippen molar-refractivity contribution in [3.8, 4) is 50.6 Å². The van der Waals surface area contributed by atoms with Crippen LogP contribution < -0.4 is 66.5 Å². The first-order chi connectivity index (χ1) is 53.3. The number of methoxy groups -OCH3 is 3. The molecule has 109 heavy (non-hydrogen) atoms. The van der Waals surface area contributed by atoms with E-state index in [9.17, 15) is 14.4 Å². The van der Waals surface area contributed by atoms with Gasteiger partial charge < -0.3 is 76.2 Å². The van der Waals surface area contributed by atoms with Gasteiger partial charge in [0.15, 0.2) is 0 Å². The zero-order chi connectivity index (χ0) is 75.6. The molecule has 24 heteroatoms. The summed E-state index contributed by atoms with van der Waals surface area (Å²) in [7, 11) is 7.13. The van der Waals surface area contributed by atoms with Crippen LogP contribution in [0.15, 0.2) is 239 Å². The minimum Gasteiger partial charge on any atom is -0.495 e. The van der Waals surface area contributed by atoms with Crippen LogP contribution in [0.2, 0.25) is 0 Å². The van der Waals surface area contributed by atoms with Crippen LogP contribution in [0.4, 0.5) is 63.3 Å². The standard InChI is InChI=1S/C29H30N6O2.C28H28N6O2.C28H27N5O3/c1-4-27(36)31-22-9-5-7-20(17-22)24-10-6-8-21-19-30-29(33-28(21)24)32-25-12-11-23(18-26(25)37-3)35-15-13-34(2)14-16-35;1-3-26(35)31-21-8-4-6-19(16-21)23-9-5-7-20-18-30-28(33-27(20)23)32-24-11-10-22(17-25(24)36-2)34-14-12-29-13-15-34;1-3-26(34)31-21-8-4-6-18(14-21)22-9-5-7-20-16-30-28(33-27(20)22)32-23-11-10-19(15-24(23)35-2)25-17-29-12-13-36-25/h4-12,17-19H,1,13-16H2,2-3H3,(H,31,36)(H,30,32,33);3-11,16-18,29H,1,12-15H2,2H3,(H,31,35)(H,30,32,33);3-11,14-16,25,29H,1,12-13,17H2,2H3,(H,31,34)(H,30,32,33). The molecule has 3 aliphatic heterocycles. The predicted molar refractivity (Wildman–Crippen MR) is 437 cm³/mol. The van der Waals surface area contributed by atoms with E-state index < -0.39 is 0 Å². The number of ether oxygens (including phenoxy) is 4. The molecular formula is C85H85N17O7. The number of carbonyl (C=O) groups is 3. The number of fused-ring (bicyclic) bond motifs is 3. The Morgan fingerprint density at radius 2 is 0.835 bits per heavy atom. The fraction of sp³-hybridized carbons (Fsp3) is 0.188. The van der Waals surface area contributed by atoms with Crippen LogP contribution in [0, 0.1) is 0 Å².